The van der Waals surface area contributed by atoms with Gasteiger partial charge in [-0.1, -0.05) is 36.4 Å². The number of hydrogen-bond donors (Lipinski definition) is 3. The van der Waals surface area contributed by atoms with Gasteiger partial charge in [-0.25, -0.2) is 0 Å². The lowest BCUT2D eigenvalue weighted by Crippen LogP contribution is -2.56. The van der Waals surface area contributed by atoms with Crippen molar-refractivity contribution in [3.63, 3.8) is 0 Å². The van der Waals surface area contributed by atoms with Gasteiger partial charge in [0, 0.05) is 34.6 Å². The van der Waals surface area contributed by atoms with E-state index in [-0.39, 0.29) is 29.8 Å². The van der Waals surface area contributed by atoms with Crippen LogP contribution in [0.5, 0.6) is 0 Å². The van der Waals surface area contributed by atoms with Gasteiger partial charge in [-0.3, -0.25) is 14.4 Å². The fraction of sp³-hybridized carbons (Fsp3) is 0.320. The summed E-state index contributed by atoms with van der Waals surface area (Å²) >= 11 is 0. The fourth-order valence-electron chi connectivity index (χ4n) is 5.07. The number of carbonyl (C=O) groups is 3. The minimum Gasteiger partial charge on any atom is -0.356 e. The fourth-order valence-corrected chi connectivity index (χ4v) is 5.07. The van der Waals surface area contributed by atoms with Crippen LogP contribution < -0.4 is 10.6 Å². The number of aromatic amines is 1. The van der Waals surface area contributed by atoms with Gasteiger partial charge in [0.2, 0.25) is 11.8 Å². The van der Waals surface area contributed by atoms with Crippen molar-refractivity contribution in [3.8, 4) is 0 Å². The summed E-state index contributed by atoms with van der Waals surface area (Å²) in [6.45, 7) is 1.69. The molecule has 0 saturated heterocycles. The van der Waals surface area contributed by atoms with Gasteiger partial charge in [0.15, 0.2) is 0 Å². The monoisotopic (exact) mass is 428 g/mol. The van der Waals surface area contributed by atoms with Crippen molar-refractivity contribution in [1.82, 2.24) is 20.5 Å². The van der Waals surface area contributed by atoms with E-state index in [1.807, 2.05) is 48.5 Å². The Hall–Kier alpha value is -3.61. The lowest BCUT2D eigenvalue weighted by molar-refractivity contribution is -0.131. The average molecular weight is 428 g/mol. The van der Waals surface area contributed by atoms with E-state index in [0.717, 1.165) is 40.6 Å². The summed E-state index contributed by atoms with van der Waals surface area (Å²) in [5, 5.41) is 6.85. The molecule has 1 aromatic heterocycles. The average Bonchev–Trinajstić information content (AvgIpc) is 3.46. The Morgan fingerprint density at radius 3 is 2.66 bits per heavy atom. The van der Waals surface area contributed by atoms with Gasteiger partial charge in [0.25, 0.3) is 5.91 Å². The molecule has 3 heterocycles. The van der Waals surface area contributed by atoms with E-state index >= 15 is 0 Å². The highest BCUT2D eigenvalue weighted by Crippen LogP contribution is 2.46. The van der Waals surface area contributed by atoms with E-state index in [0.29, 0.717) is 12.0 Å². The van der Waals surface area contributed by atoms with Crippen LogP contribution in [0.2, 0.25) is 0 Å². The van der Waals surface area contributed by atoms with Crippen molar-refractivity contribution < 1.29 is 14.4 Å². The Morgan fingerprint density at radius 2 is 1.84 bits per heavy atom. The number of nitrogens with zero attached hydrogens (tertiary/aromatic N) is 1. The number of hydrogen-bond acceptors (Lipinski definition) is 3. The lowest BCUT2D eigenvalue weighted by Gasteiger charge is -2.37. The van der Waals surface area contributed by atoms with Crippen LogP contribution in [0.25, 0.3) is 10.9 Å². The summed E-state index contributed by atoms with van der Waals surface area (Å²) < 4.78 is 0. The molecule has 6 rings (SSSR count). The Kier molecular flexibility index (Phi) is 4.15. The normalized spacial score (nSPS) is 22.2. The molecular formula is C25H24N4O3. The molecule has 0 bridgehead atoms. The molecule has 0 spiro atoms. The molecule has 0 radical (unpaired) electrons. The molecule has 3 aliphatic rings. The summed E-state index contributed by atoms with van der Waals surface area (Å²) in [7, 11) is 0. The first kappa shape index (κ1) is 19.1. The van der Waals surface area contributed by atoms with E-state index in [9.17, 15) is 14.4 Å². The zero-order valence-corrected chi connectivity index (χ0v) is 17.7. The number of aromatic nitrogens is 1. The smallest absolute Gasteiger partial charge is 0.255 e. The molecule has 2 aromatic carbocycles. The molecule has 162 valence electrons. The predicted octanol–water partition coefficient (Wildman–Crippen LogP) is 2.42. The van der Waals surface area contributed by atoms with Crippen LogP contribution in [0.3, 0.4) is 0 Å². The number of carbonyl (C=O) groups excluding carboxylic acids is 3. The van der Waals surface area contributed by atoms with Crippen LogP contribution in [0.15, 0.2) is 48.5 Å². The molecule has 3 atom stereocenters. The highest BCUT2D eigenvalue weighted by Gasteiger charge is 2.49. The Labute approximate surface area is 185 Å². The first-order chi connectivity index (χ1) is 15.5. The van der Waals surface area contributed by atoms with Crippen molar-refractivity contribution in [1.29, 1.82) is 0 Å². The molecule has 1 fully saturated rings. The SMILES string of the molecule is C[C@H](NC(=O)[C@@H]1Cc2c([nH]c3ccccc23)[C@@H]2c3ccccc3C(=O)N21)C(=O)NC1CC1. The topological polar surface area (TPSA) is 94.3 Å². The minimum absolute atomic E-state index is 0.148. The number of para-hydroxylation sites is 1. The Balaban J connectivity index is 1.39. The number of rotatable bonds is 4. The number of nitrogens with one attached hydrogen (secondary N) is 3. The van der Waals surface area contributed by atoms with Crippen molar-refractivity contribution >= 4 is 28.6 Å². The predicted molar refractivity (Wildman–Crippen MR) is 119 cm³/mol. The molecule has 1 aliphatic carbocycles. The molecule has 3 N–H and O–H groups in total. The molecule has 3 aromatic rings. The molecule has 2 aliphatic heterocycles. The standard InChI is InChI=1S/C25H24N4O3/c1-13(23(30)27-14-10-11-14)26-24(31)20-12-18-15-6-4-5-9-19(15)28-21(18)22-16-7-2-3-8-17(16)25(32)29(20)22/h2-9,13-14,20,22,28H,10-12H2,1H3,(H,26,31)(H,27,30)/t13-,20-,22-/m0/s1. The Bertz CT molecular complexity index is 1280. The second-order valence-corrected chi connectivity index (χ2v) is 9.00. The van der Waals surface area contributed by atoms with Crippen LogP contribution in [0.1, 0.15) is 53.0 Å². The maximum Gasteiger partial charge on any atom is 0.255 e. The van der Waals surface area contributed by atoms with Gasteiger partial charge in [0.1, 0.15) is 12.1 Å². The van der Waals surface area contributed by atoms with Gasteiger partial charge >= 0.3 is 0 Å². The molecule has 7 nitrogen and oxygen atoms in total. The summed E-state index contributed by atoms with van der Waals surface area (Å²) in [5.74, 6) is -0.632. The first-order valence-electron chi connectivity index (χ1n) is 11.1. The second kappa shape index (κ2) is 6.95. The van der Waals surface area contributed by atoms with E-state index in [2.05, 4.69) is 15.6 Å². The van der Waals surface area contributed by atoms with Crippen molar-refractivity contribution in [2.24, 2.45) is 0 Å². The second-order valence-electron chi connectivity index (χ2n) is 9.00. The van der Waals surface area contributed by atoms with Crippen LogP contribution in [-0.2, 0) is 16.0 Å². The zero-order valence-electron chi connectivity index (χ0n) is 17.7. The zero-order chi connectivity index (χ0) is 22.0. The van der Waals surface area contributed by atoms with E-state index in [4.69, 9.17) is 0 Å². The summed E-state index contributed by atoms with van der Waals surface area (Å²) in [6.07, 6.45) is 2.37. The third kappa shape index (κ3) is 2.84. The van der Waals surface area contributed by atoms with Gasteiger partial charge in [-0.2, -0.15) is 0 Å². The summed E-state index contributed by atoms with van der Waals surface area (Å²) in [4.78, 5) is 44.4. The van der Waals surface area contributed by atoms with Crippen molar-refractivity contribution in [2.45, 2.75) is 50.4 Å². The molecule has 0 unspecified atom stereocenters. The molecule has 3 amide bonds. The van der Waals surface area contributed by atoms with Crippen LogP contribution >= 0.6 is 0 Å². The van der Waals surface area contributed by atoms with Gasteiger partial charge < -0.3 is 20.5 Å². The maximum atomic E-state index is 13.4. The van der Waals surface area contributed by atoms with E-state index in [1.165, 1.54) is 0 Å². The number of amides is 3. The van der Waals surface area contributed by atoms with Gasteiger partial charge in [0.05, 0.1) is 6.04 Å². The van der Waals surface area contributed by atoms with Crippen molar-refractivity contribution in [3.05, 3.63) is 70.9 Å². The quantitative estimate of drug-likeness (QED) is 0.596. The summed E-state index contributed by atoms with van der Waals surface area (Å²) in [6, 6.07) is 14.1. The molecule has 7 heteroatoms. The highest BCUT2D eigenvalue weighted by atomic mass is 16.2. The largest absolute Gasteiger partial charge is 0.356 e. The Morgan fingerprint density at radius 1 is 1.09 bits per heavy atom. The first-order valence-corrected chi connectivity index (χ1v) is 11.1. The summed E-state index contributed by atoms with van der Waals surface area (Å²) in [5.41, 5.74) is 4.55. The molecule has 1 saturated carbocycles. The number of fused-ring (bicyclic) bond motifs is 7. The number of benzene rings is 2. The van der Waals surface area contributed by atoms with Gasteiger partial charge in [-0.05, 0) is 43.0 Å². The third-order valence-corrected chi connectivity index (χ3v) is 6.83. The lowest BCUT2D eigenvalue weighted by atomic mass is 9.90. The minimum atomic E-state index is -0.692. The van der Waals surface area contributed by atoms with Gasteiger partial charge in [-0.15, -0.1) is 0 Å². The molecular weight excluding hydrogens is 404 g/mol. The van der Waals surface area contributed by atoms with Crippen LogP contribution in [0, 0.1) is 0 Å². The van der Waals surface area contributed by atoms with E-state index in [1.54, 1.807) is 11.8 Å². The van der Waals surface area contributed by atoms with E-state index < -0.39 is 12.1 Å². The maximum absolute atomic E-state index is 13.4. The molecule has 32 heavy (non-hydrogen) atoms. The van der Waals surface area contributed by atoms with Crippen molar-refractivity contribution in [2.75, 3.05) is 0 Å². The van der Waals surface area contributed by atoms with Crippen LogP contribution in [0.4, 0.5) is 0 Å². The third-order valence-electron chi connectivity index (χ3n) is 6.83. The number of H-pyrrole nitrogens is 1. The highest BCUT2D eigenvalue weighted by molar-refractivity contribution is 6.04. The van der Waals surface area contributed by atoms with Crippen LogP contribution in [-0.4, -0.2) is 45.7 Å².